The van der Waals surface area contributed by atoms with E-state index in [1.807, 2.05) is 38.1 Å². The number of likely N-dealkylation sites (tertiary alicyclic amines) is 1. The van der Waals surface area contributed by atoms with Gasteiger partial charge in [0.25, 0.3) is 0 Å². The number of rotatable bonds is 5. The molecule has 0 aliphatic carbocycles. The maximum Gasteiger partial charge on any atom is 0.490 e. The van der Waals surface area contributed by atoms with E-state index in [2.05, 4.69) is 26.8 Å². The molecule has 4 rings (SSSR count). The minimum atomic E-state index is -5.08. The second-order valence-electron chi connectivity index (χ2n) is 8.58. The topological polar surface area (TPSA) is 126 Å². The second kappa shape index (κ2) is 12.8. The van der Waals surface area contributed by atoms with Crippen molar-refractivity contribution in [2.45, 2.75) is 56.6 Å². The van der Waals surface area contributed by atoms with Gasteiger partial charge in [0.1, 0.15) is 5.76 Å². The summed E-state index contributed by atoms with van der Waals surface area (Å²) in [5, 5.41) is 18.3. The Bertz CT molecular complexity index is 1060. The average Bonchev–Trinajstić information content (AvgIpc) is 3.38. The molecule has 0 aromatic carbocycles. The van der Waals surface area contributed by atoms with Gasteiger partial charge >= 0.3 is 24.3 Å². The standard InChI is InChI=1S/C18H23N3O2S.2C2HF3O2/c1-13-4-3-5-15(19-13)9-22-17-7-18(24-10-17)11-21(12-18)8-16-6-14(2)23-20-16;2*3-2(4,5)1(6)7/h3-6,17H,7-12H2,1-2H3;2*(H,6,7). The lowest BCUT2D eigenvalue weighted by molar-refractivity contribution is -0.193. The van der Waals surface area contributed by atoms with Crippen LogP contribution in [-0.2, 0) is 27.5 Å². The second-order valence-corrected chi connectivity index (χ2v) is 10.1. The number of hydrogen-bond donors (Lipinski definition) is 2. The summed E-state index contributed by atoms with van der Waals surface area (Å²) >= 11 is 2.07. The summed E-state index contributed by atoms with van der Waals surface area (Å²) in [6.07, 6.45) is -8.69. The minimum Gasteiger partial charge on any atom is -0.475 e. The van der Waals surface area contributed by atoms with Gasteiger partial charge < -0.3 is 19.5 Å². The van der Waals surface area contributed by atoms with Crippen LogP contribution in [0.5, 0.6) is 0 Å². The molecule has 4 heterocycles. The van der Waals surface area contributed by atoms with Crippen LogP contribution < -0.4 is 0 Å². The molecule has 212 valence electrons. The van der Waals surface area contributed by atoms with Crippen LogP contribution in [0.4, 0.5) is 26.3 Å². The first kappa shape index (κ1) is 31.4. The maximum absolute atomic E-state index is 10.6. The number of aryl methyl sites for hydroxylation is 2. The van der Waals surface area contributed by atoms with Crippen molar-refractivity contribution in [3.05, 3.63) is 47.1 Å². The third kappa shape index (κ3) is 10.1. The van der Waals surface area contributed by atoms with E-state index in [1.54, 1.807) is 0 Å². The quantitative estimate of drug-likeness (QED) is 0.502. The SMILES string of the molecule is Cc1cccc(COC2CSC3(C2)CN(Cc2cc(C)on2)C3)n1.O=C(O)C(F)(F)F.O=C(O)C(F)(F)F. The predicted octanol–water partition coefficient (Wildman–Crippen LogP) is 4.23. The number of ether oxygens (including phenoxy) is 1. The van der Waals surface area contributed by atoms with Crippen LogP contribution in [0, 0.1) is 13.8 Å². The largest absolute Gasteiger partial charge is 0.490 e. The maximum atomic E-state index is 10.6. The Morgan fingerprint density at radius 1 is 1.11 bits per heavy atom. The van der Waals surface area contributed by atoms with Crippen LogP contribution in [-0.4, -0.2) is 79.2 Å². The summed E-state index contributed by atoms with van der Waals surface area (Å²) in [6, 6.07) is 8.12. The van der Waals surface area contributed by atoms with Crippen molar-refractivity contribution in [2.24, 2.45) is 0 Å². The molecule has 9 nitrogen and oxygen atoms in total. The Kier molecular flexibility index (Phi) is 10.6. The van der Waals surface area contributed by atoms with Gasteiger partial charge in [0.15, 0.2) is 0 Å². The fraction of sp³-hybridized carbons (Fsp3) is 0.545. The molecular formula is C22H25F6N3O6S. The molecule has 2 aromatic rings. The molecular weight excluding hydrogens is 548 g/mol. The number of carbonyl (C=O) groups is 2. The molecule has 38 heavy (non-hydrogen) atoms. The first-order chi connectivity index (χ1) is 17.5. The zero-order valence-corrected chi connectivity index (χ0v) is 21.0. The van der Waals surface area contributed by atoms with Crippen molar-refractivity contribution in [2.75, 3.05) is 18.8 Å². The third-order valence-electron chi connectivity index (χ3n) is 5.16. The van der Waals surface area contributed by atoms with E-state index in [9.17, 15) is 26.3 Å². The lowest BCUT2D eigenvalue weighted by Crippen LogP contribution is -2.58. The number of aliphatic carboxylic acids is 2. The summed E-state index contributed by atoms with van der Waals surface area (Å²) < 4.78 is 75.1. The Balaban J connectivity index is 0.000000301. The van der Waals surface area contributed by atoms with Gasteiger partial charge in [0.05, 0.1) is 24.1 Å². The molecule has 1 spiro atoms. The number of halogens is 6. The number of nitrogens with zero attached hydrogens (tertiary/aromatic N) is 3. The van der Waals surface area contributed by atoms with E-state index >= 15 is 0 Å². The highest BCUT2D eigenvalue weighted by molar-refractivity contribution is 8.01. The van der Waals surface area contributed by atoms with Crippen molar-refractivity contribution in [3.8, 4) is 0 Å². The third-order valence-corrected chi connectivity index (χ3v) is 6.73. The van der Waals surface area contributed by atoms with Crippen molar-refractivity contribution < 1.29 is 55.4 Å². The summed E-state index contributed by atoms with van der Waals surface area (Å²) in [6.45, 7) is 7.69. The number of aromatic nitrogens is 2. The number of pyridine rings is 1. The number of thioether (sulfide) groups is 1. The van der Waals surface area contributed by atoms with E-state index < -0.39 is 24.3 Å². The predicted molar refractivity (Wildman–Crippen MR) is 121 cm³/mol. The van der Waals surface area contributed by atoms with Gasteiger partial charge in [-0.25, -0.2) is 9.59 Å². The lowest BCUT2D eigenvalue weighted by Gasteiger charge is -2.47. The van der Waals surface area contributed by atoms with E-state index in [4.69, 9.17) is 29.1 Å². The van der Waals surface area contributed by atoms with E-state index in [1.165, 1.54) is 0 Å². The number of alkyl halides is 6. The first-order valence-corrected chi connectivity index (χ1v) is 11.9. The smallest absolute Gasteiger partial charge is 0.475 e. The minimum absolute atomic E-state index is 0.341. The summed E-state index contributed by atoms with van der Waals surface area (Å²) in [5.41, 5.74) is 3.10. The van der Waals surface area contributed by atoms with Crippen molar-refractivity contribution >= 4 is 23.7 Å². The molecule has 2 N–H and O–H groups in total. The van der Waals surface area contributed by atoms with Gasteiger partial charge in [-0.3, -0.25) is 9.88 Å². The van der Waals surface area contributed by atoms with Crippen LogP contribution in [0.2, 0.25) is 0 Å². The Labute approximate surface area is 217 Å². The first-order valence-electron chi connectivity index (χ1n) is 10.9. The van der Waals surface area contributed by atoms with E-state index in [0.29, 0.717) is 17.5 Å². The molecule has 2 aliphatic rings. The van der Waals surface area contributed by atoms with Crippen LogP contribution in [0.1, 0.15) is 29.3 Å². The highest BCUT2D eigenvalue weighted by Crippen LogP contribution is 2.46. The molecule has 2 saturated heterocycles. The van der Waals surface area contributed by atoms with Crippen molar-refractivity contribution in [1.29, 1.82) is 0 Å². The molecule has 0 amide bonds. The number of carboxylic acid groups (broad SMARTS) is 2. The number of carboxylic acids is 2. The fourth-order valence-electron chi connectivity index (χ4n) is 3.62. The fourth-order valence-corrected chi connectivity index (χ4v) is 5.22. The molecule has 2 fully saturated rings. The van der Waals surface area contributed by atoms with Crippen LogP contribution in [0.15, 0.2) is 28.8 Å². The number of hydrogen-bond acceptors (Lipinski definition) is 8. The van der Waals surface area contributed by atoms with Gasteiger partial charge in [0.2, 0.25) is 0 Å². The molecule has 1 atom stereocenters. The van der Waals surface area contributed by atoms with Crippen LogP contribution >= 0.6 is 11.8 Å². The molecule has 2 aromatic heterocycles. The Morgan fingerprint density at radius 2 is 1.68 bits per heavy atom. The zero-order valence-electron chi connectivity index (χ0n) is 20.2. The zero-order chi connectivity index (χ0) is 28.7. The lowest BCUT2D eigenvalue weighted by atomic mass is 9.93. The molecule has 0 saturated carbocycles. The molecule has 0 bridgehead atoms. The molecule has 1 unspecified atom stereocenters. The Hall–Kier alpha value is -2.85. The molecule has 16 heteroatoms. The molecule has 0 radical (unpaired) electrons. The van der Waals surface area contributed by atoms with Crippen LogP contribution in [0.3, 0.4) is 0 Å². The average molecular weight is 574 g/mol. The van der Waals surface area contributed by atoms with Gasteiger partial charge in [0, 0.05) is 41.9 Å². The van der Waals surface area contributed by atoms with Crippen molar-refractivity contribution in [1.82, 2.24) is 15.0 Å². The highest BCUT2D eigenvalue weighted by atomic mass is 32.2. The van der Waals surface area contributed by atoms with Gasteiger partial charge in [-0.1, -0.05) is 11.2 Å². The molecule has 2 aliphatic heterocycles. The normalized spacial score (nSPS) is 18.6. The van der Waals surface area contributed by atoms with Crippen molar-refractivity contribution in [3.63, 3.8) is 0 Å². The van der Waals surface area contributed by atoms with Gasteiger partial charge in [-0.05, 0) is 32.4 Å². The summed E-state index contributed by atoms with van der Waals surface area (Å²) in [5.74, 6) is -3.54. The monoisotopic (exact) mass is 573 g/mol. The summed E-state index contributed by atoms with van der Waals surface area (Å²) in [4.78, 5) is 24.7. The summed E-state index contributed by atoms with van der Waals surface area (Å²) in [7, 11) is 0. The van der Waals surface area contributed by atoms with Crippen LogP contribution in [0.25, 0.3) is 0 Å². The Morgan fingerprint density at radius 3 is 2.16 bits per heavy atom. The highest BCUT2D eigenvalue weighted by Gasteiger charge is 2.49. The van der Waals surface area contributed by atoms with Gasteiger partial charge in [-0.2, -0.15) is 26.3 Å². The van der Waals surface area contributed by atoms with E-state index in [0.717, 1.165) is 54.6 Å². The van der Waals surface area contributed by atoms with Gasteiger partial charge in [-0.15, -0.1) is 11.8 Å². The van der Waals surface area contributed by atoms with E-state index in [-0.39, 0.29) is 0 Å².